The molecule has 0 radical (unpaired) electrons. The number of hydrogen-bond donors (Lipinski definition) is 3. The highest BCUT2D eigenvalue weighted by Gasteiger charge is 2.28. The maximum atomic E-state index is 12.6. The van der Waals surface area contributed by atoms with Crippen LogP contribution in [-0.2, 0) is 14.8 Å². The van der Waals surface area contributed by atoms with Crippen LogP contribution in [0.3, 0.4) is 0 Å². The zero-order valence-corrected chi connectivity index (χ0v) is 15.7. The molecule has 0 bridgehead atoms. The highest BCUT2D eigenvalue weighted by molar-refractivity contribution is 7.99. The summed E-state index contributed by atoms with van der Waals surface area (Å²) in [6.07, 6.45) is 3.09. The molecule has 0 saturated carbocycles. The lowest BCUT2D eigenvalue weighted by molar-refractivity contribution is -0.139. The average Bonchev–Trinajstić information content (AvgIpc) is 3.10. The van der Waals surface area contributed by atoms with Crippen molar-refractivity contribution in [3.05, 3.63) is 18.0 Å². The maximum absolute atomic E-state index is 12.6. The van der Waals surface area contributed by atoms with E-state index in [0.29, 0.717) is 25.9 Å². The number of carbonyl (C=O) groups excluding carboxylic acids is 1. The number of sulfonamides is 1. The van der Waals surface area contributed by atoms with Gasteiger partial charge in [0.15, 0.2) is 0 Å². The largest absolute Gasteiger partial charge is 0.480 e. The summed E-state index contributed by atoms with van der Waals surface area (Å²) in [4.78, 5) is 26.1. The number of thioether (sulfide) groups is 1. The van der Waals surface area contributed by atoms with Crippen LogP contribution in [0.15, 0.2) is 17.2 Å². The van der Waals surface area contributed by atoms with Gasteiger partial charge < -0.3 is 15.4 Å². The normalized spacial score (nSPS) is 17.2. The Hall–Kier alpha value is -1.52. The first-order valence-corrected chi connectivity index (χ1v) is 10.8. The SMILES string of the molecule is CCCC[C@H](NC(=O)c1cc(S(=O)(=O)N2CCSCC2)c[nH]1)C(=O)O. The van der Waals surface area contributed by atoms with Gasteiger partial charge in [0.1, 0.15) is 16.6 Å². The van der Waals surface area contributed by atoms with Crippen molar-refractivity contribution in [1.29, 1.82) is 0 Å². The molecule has 2 heterocycles. The van der Waals surface area contributed by atoms with Gasteiger partial charge in [-0.1, -0.05) is 19.8 Å². The summed E-state index contributed by atoms with van der Waals surface area (Å²) in [7, 11) is -3.64. The molecule has 1 atom stereocenters. The van der Waals surface area contributed by atoms with Crippen molar-refractivity contribution in [2.75, 3.05) is 24.6 Å². The molecule has 2 rings (SSSR count). The Kier molecular flexibility index (Phi) is 6.91. The molecule has 3 N–H and O–H groups in total. The molecule has 140 valence electrons. The lowest BCUT2D eigenvalue weighted by Gasteiger charge is -2.24. The van der Waals surface area contributed by atoms with E-state index in [9.17, 15) is 23.1 Å². The molecule has 0 spiro atoms. The van der Waals surface area contributed by atoms with Gasteiger partial charge in [-0.25, -0.2) is 13.2 Å². The summed E-state index contributed by atoms with van der Waals surface area (Å²) in [6.45, 7) is 2.82. The van der Waals surface area contributed by atoms with Gasteiger partial charge in [0.2, 0.25) is 10.0 Å². The van der Waals surface area contributed by atoms with Gasteiger partial charge in [0.25, 0.3) is 5.91 Å². The van der Waals surface area contributed by atoms with Crippen molar-refractivity contribution >= 4 is 33.7 Å². The third kappa shape index (κ3) is 4.99. The van der Waals surface area contributed by atoms with Gasteiger partial charge in [0.05, 0.1) is 0 Å². The monoisotopic (exact) mass is 389 g/mol. The number of carboxylic acid groups (broad SMARTS) is 1. The second-order valence-electron chi connectivity index (χ2n) is 5.77. The number of carboxylic acids is 1. The molecule has 1 aromatic heterocycles. The molecule has 25 heavy (non-hydrogen) atoms. The third-order valence-corrected chi connectivity index (χ3v) is 6.78. The number of unbranched alkanes of at least 4 members (excludes halogenated alkanes) is 1. The Balaban J connectivity index is 2.08. The van der Waals surface area contributed by atoms with Gasteiger partial charge in [-0.3, -0.25) is 4.79 Å². The molecule has 1 saturated heterocycles. The predicted molar refractivity (Wildman–Crippen MR) is 95.3 cm³/mol. The van der Waals surface area contributed by atoms with Crippen molar-refractivity contribution in [2.45, 2.75) is 37.1 Å². The lowest BCUT2D eigenvalue weighted by atomic mass is 10.1. The number of aliphatic carboxylic acids is 1. The van der Waals surface area contributed by atoms with Crippen LogP contribution in [0.25, 0.3) is 0 Å². The minimum absolute atomic E-state index is 0.0185. The molecule has 8 nitrogen and oxygen atoms in total. The standard InChI is InChI=1S/C15H23N3O5S2/c1-2-3-4-12(15(20)21)17-14(19)13-9-11(10-16-13)25(22,23)18-5-7-24-8-6-18/h9-10,12,16H,2-8H2,1H3,(H,17,19)(H,20,21)/t12-/m0/s1. The molecule has 0 unspecified atom stereocenters. The van der Waals surface area contributed by atoms with E-state index in [4.69, 9.17) is 0 Å². The van der Waals surface area contributed by atoms with Crippen molar-refractivity contribution < 1.29 is 23.1 Å². The van der Waals surface area contributed by atoms with Crippen LogP contribution in [0.5, 0.6) is 0 Å². The number of H-pyrrole nitrogens is 1. The van der Waals surface area contributed by atoms with Crippen LogP contribution in [0, 0.1) is 0 Å². The Morgan fingerprint density at radius 3 is 2.68 bits per heavy atom. The van der Waals surface area contributed by atoms with E-state index in [0.717, 1.165) is 17.9 Å². The zero-order valence-electron chi connectivity index (χ0n) is 14.0. The fourth-order valence-corrected chi connectivity index (χ4v) is 5.06. The van der Waals surface area contributed by atoms with Crippen LogP contribution in [0.2, 0.25) is 0 Å². The van der Waals surface area contributed by atoms with Crippen molar-refractivity contribution in [2.24, 2.45) is 0 Å². The van der Waals surface area contributed by atoms with Gasteiger partial charge in [-0.05, 0) is 12.5 Å². The van der Waals surface area contributed by atoms with E-state index in [1.165, 1.54) is 16.6 Å². The summed E-state index contributed by atoms with van der Waals surface area (Å²) in [6, 6.07) is 0.264. The molecule has 0 aliphatic carbocycles. The lowest BCUT2D eigenvalue weighted by Crippen LogP contribution is -2.40. The molecule has 10 heteroatoms. The van der Waals surface area contributed by atoms with E-state index in [-0.39, 0.29) is 10.6 Å². The number of amides is 1. The van der Waals surface area contributed by atoms with Crippen molar-refractivity contribution in [3.63, 3.8) is 0 Å². The minimum atomic E-state index is -3.64. The van der Waals surface area contributed by atoms with Crippen LogP contribution in [0.4, 0.5) is 0 Å². The fourth-order valence-electron chi connectivity index (χ4n) is 2.49. The third-order valence-electron chi connectivity index (χ3n) is 3.96. The van der Waals surface area contributed by atoms with Crippen LogP contribution in [0.1, 0.15) is 36.7 Å². The Bertz CT molecular complexity index is 711. The smallest absolute Gasteiger partial charge is 0.326 e. The molecular formula is C15H23N3O5S2. The predicted octanol–water partition coefficient (Wildman–Crippen LogP) is 1.13. The molecular weight excluding hydrogens is 366 g/mol. The number of hydrogen-bond acceptors (Lipinski definition) is 5. The van der Waals surface area contributed by atoms with Gasteiger partial charge in [-0.2, -0.15) is 16.1 Å². The Morgan fingerprint density at radius 2 is 2.08 bits per heavy atom. The highest BCUT2D eigenvalue weighted by atomic mass is 32.2. The molecule has 0 aromatic carbocycles. The number of aromatic amines is 1. The molecule has 1 fully saturated rings. The molecule has 1 amide bonds. The summed E-state index contributed by atoms with van der Waals surface area (Å²) in [5.41, 5.74) is 0.0349. The average molecular weight is 389 g/mol. The first kappa shape index (κ1) is 19.8. The fraction of sp³-hybridized carbons (Fsp3) is 0.600. The van der Waals surface area contributed by atoms with Crippen LogP contribution in [-0.4, -0.2) is 65.3 Å². The van der Waals surface area contributed by atoms with Gasteiger partial charge in [-0.15, -0.1) is 0 Å². The van der Waals surface area contributed by atoms with E-state index in [1.54, 1.807) is 11.8 Å². The second kappa shape index (κ2) is 8.72. The first-order chi connectivity index (χ1) is 11.9. The number of rotatable bonds is 8. The quantitative estimate of drug-likeness (QED) is 0.613. The molecule has 1 aromatic rings. The summed E-state index contributed by atoms with van der Waals surface area (Å²) in [5, 5.41) is 11.6. The number of carbonyl (C=O) groups is 2. The number of aromatic nitrogens is 1. The zero-order chi connectivity index (χ0) is 18.4. The van der Waals surface area contributed by atoms with Gasteiger partial charge >= 0.3 is 5.97 Å². The molecule has 1 aliphatic heterocycles. The molecule has 1 aliphatic rings. The minimum Gasteiger partial charge on any atom is -0.480 e. The van der Waals surface area contributed by atoms with Crippen molar-refractivity contribution in [3.8, 4) is 0 Å². The maximum Gasteiger partial charge on any atom is 0.326 e. The summed E-state index contributed by atoms with van der Waals surface area (Å²) < 4.78 is 26.5. The summed E-state index contributed by atoms with van der Waals surface area (Å²) in [5.74, 6) is -0.241. The number of nitrogens with one attached hydrogen (secondary N) is 2. The van der Waals surface area contributed by atoms with Crippen LogP contribution < -0.4 is 5.32 Å². The summed E-state index contributed by atoms with van der Waals surface area (Å²) >= 11 is 1.70. The van der Waals surface area contributed by atoms with Crippen LogP contribution >= 0.6 is 11.8 Å². The number of nitrogens with zero attached hydrogens (tertiary/aromatic N) is 1. The van der Waals surface area contributed by atoms with E-state index in [2.05, 4.69) is 10.3 Å². The topological polar surface area (TPSA) is 120 Å². The first-order valence-electron chi connectivity index (χ1n) is 8.16. The van der Waals surface area contributed by atoms with E-state index in [1.807, 2.05) is 6.92 Å². The Morgan fingerprint density at radius 1 is 1.40 bits per heavy atom. The van der Waals surface area contributed by atoms with E-state index >= 15 is 0 Å². The second-order valence-corrected chi connectivity index (χ2v) is 8.93. The highest BCUT2D eigenvalue weighted by Crippen LogP contribution is 2.21. The van der Waals surface area contributed by atoms with Crippen molar-refractivity contribution in [1.82, 2.24) is 14.6 Å². The Labute approximate surface area is 151 Å². The van der Waals surface area contributed by atoms with Gasteiger partial charge in [0, 0.05) is 30.8 Å². The van der Waals surface area contributed by atoms with E-state index < -0.39 is 27.9 Å².